The molecule has 2 N–H and O–H groups in total. The van der Waals surface area contributed by atoms with Crippen molar-refractivity contribution in [3.05, 3.63) is 34.4 Å². The monoisotopic (exact) mass is 232 g/mol. The summed E-state index contributed by atoms with van der Waals surface area (Å²) in [6.07, 6.45) is 0.201. The van der Waals surface area contributed by atoms with Crippen LogP contribution < -0.4 is 5.73 Å². The van der Waals surface area contributed by atoms with Gasteiger partial charge in [-0.05, 0) is 36.6 Å². The van der Waals surface area contributed by atoms with Crippen LogP contribution in [-0.2, 0) is 22.5 Å². The number of nitrogens with two attached hydrogens (primary N) is 1. The summed E-state index contributed by atoms with van der Waals surface area (Å²) in [5.41, 5.74) is 8.80. The number of nitriles is 1. The lowest BCUT2D eigenvalue weighted by atomic mass is 9.95. The average molecular weight is 232 g/mol. The van der Waals surface area contributed by atoms with E-state index in [1.54, 1.807) is 19.1 Å². The van der Waals surface area contributed by atoms with Crippen LogP contribution in [0.2, 0.25) is 0 Å². The maximum absolute atomic E-state index is 11.4. The molecule has 0 aromatic heterocycles. The zero-order valence-corrected chi connectivity index (χ0v) is 10.1. The van der Waals surface area contributed by atoms with E-state index in [2.05, 4.69) is 6.07 Å². The van der Waals surface area contributed by atoms with Crippen LogP contribution in [0.25, 0.3) is 0 Å². The second-order valence-electron chi connectivity index (χ2n) is 3.67. The Kier molecular flexibility index (Phi) is 4.68. The van der Waals surface area contributed by atoms with Crippen molar-refractivity contribution in [2.75, 3.05) is 6.61 Å². The Bertz CT molecular complexity index is 461. The number of hydrogen-bond acceptors (Lipinski definition) is 4. The Morgan fingerprint density at radius 2 is 2.24 bits per heavy atom. The van der Waals surface area contributed by atoms with Crippen LogP contribution >= 0.6 is 0 Å². The molecule has 0 aliphatic heterocycles. The summed E-state index contributed by atoms with van der Waals surface area (Å²) in [6.45, 7) is 4.29. The van der Waals surface area contributed by atoms with Gasteiger partial charge in [-0.25, -0.2) is 0 Å². The molecule has 0 heterocycles. The minimum atomic E-state index is -0.272. The molecule has 0 aliphatic carbocycles. The average Bonchev–Trinajstić information content (AvgIpc) is 2.30. The zero-order chi connectivity index (χ0) is 12.8. The molecule has 0 saturated heterocycles. The highest BCUT2D eigenvalue weighted by Gasteiger charge is 2.12. The van der Waals surface area contributed by atoms with Gasteiger partial charge >= 0.3 is 5.97 Å². The van der Waals surface area contributed by atoms with Crippen molar-refractivity contribution in [2.24, 2.45) is 5.73 Å². The zero-order valence-electron chi connectivity index (χ0n) is 10.1. The number of rotatable bonds is 4. The van der Waals surface area contributed by atoms with Crippen LogP contribution in [0.4, 0.5) is 0 Å². The number of hydrogen-bond donors (Lipinski definition) is 1. The molecule has 1 aromatic rings. The predicted octanol–water partition coefficient (Wildman–Crippen LogP) is 1.43. The van der Waals surface area contributed by atoms with E-state index in [0.29, 0.717) is 18.7 Å². The van der Waals surface area contributed by atoms with Crippen molar-refractivity contribution in [3.63, 3.8) is 0 Å². The Labute approximate surface area is 101 Å². The van der Waals surface area contributed by atoms with Crippen molar-refractivity contribution >= 4 is 5.97 Å². The molecule has 17 heavy (non-hydrogen) atoms. The Balaban J connectivity index is 3.05. The molecular weight excluding hydrogens is 216 g/mol. The maximum atomic E-state index is 11.4. The van der Waals surface area contributed by atoms with Gasteiger partial charge < -0.3 is 10.5 Å². The van der Waals surface area contributed by atoms with Crippen LogP contribution in [-0.4, -0.2) is 12.6 Å². The van der Waals surface area contributed by atoms with Gasteiger partial charge in [0.25, 0.3) is 0 Å². The minimum Gasteiger partial charge on any atom is -0.466 e. The second kappa shape index (κ2) is 6.02. The minimum absolute atomic E-state index is 0.201. The quantitative estimate of drug-likeness (QED) is 0.797. The van der Waals surface area contributed by atoms with Gasteiger partial charge in [-0.1, -0.05) is 6.07 Å². The van der Waals surface area contributed by atoms with Gasteiger partial charge in [-0.3, -0.25) is 4.79 Å². The number of benzene rings is 1. The standard InChI is InChI=1S/C13H16N2O2/c1-3-17-13(16)6-10-4-5-11(7-14)9(2)12(10)8-15/h4-5H,3,6,8,15H2,1-2H3. The number of esters is 1. The van der Waals surface area contributed by atoms with Gasteiger partial charge in [0.15, 0.2) is 0 Å². The molecule has 4 nitrogen and oxygen atoms in total. The van der Waals surface area contributed by atoms with Crippen molar-refractivity contribution in [2.45, 2.75) is 26.8 Å². The van der Waals surface area contributed by atoms with Crippen LogP contribution in [0.3, 0.4) is 0 Å². The van der Waals surface area contributed by atoms with E-state index in [1.165, 1.54) is 0 Å². The first-order valence-corrected chi connectivity index (χ1v) is 5.51. The molecule has 0 spiro atoms. The fourth-order valence-corrected chi connectivity index (χ4v) is 1.75. The molecule has 0 fully saturated rings. The third kappa shape index (κ3) is 3.05. The highest BCUT2D eigenvalue weighted by Crippen LogP contribution is 2.18. The van der Waals surface area contributed by atoms with Gasteiger partial charge in [0.2, 0.25) is 0 Å². The molecule has 0 bridgehead atoms. The van der Waals surface area contributed by atoms with Crippen molar-refractivity contribution in [1.82, 2.24) is 0 Å². The maximum Gasteiger partial charge on any atom is 0.310 e. The molecule has 4 heteroatoms. The van der Waals surface area contributed by atoms with Gasteiger partial charge in [-0.15, -0.1) is 0 Å². The van der Waals surface area contributed by atoms with E-state index in [0.717, 1.165) is 16.7 Å². The summed E-state index contributed by atoms with van der Waals surface area (Å²) in [5.74, 6) is -0.272. The molecule has 0 amide bonds. The van der Waals surface area contributed by atoms with Gasteiger partial charge in [0.05, 0.1) is 24.7 Å². The van der Waals surface area contributed by atoms with Crippen LogP contribution in [0.1, 0.15) is 29.2 Å². The molecule has 0 atom stereocenters. The lowest BCUT2D eigenvalue weighted by Crippen LogP contribution is -2.12. The third-order valence-corrected chi connectivity index (χ3v) is 2.66. The van der Waals surface area contributed by atoms with Crippen LogP contribution in [0.5, 0.6) is 0 Å². The molecule has 0 saturated carbocycles. The first-order valence-electron chi connectivity index (χ1n) is 5.51. The van der Waals surface area contributed by atoms with E-state index < -0.39 is 0 Å². The number of ether oxygens (including phenoxy) is 1. The van der Waals surface area contributed by atoms with Crippen LogP contribution in [0.15, 0.2) is 12.1 Å². The molecule has 90 valence electrons. The fourth-order valence-electron chi connectivity index (χ4n) is 1.75. The normalized spacial score (nSPS) is 9.76. The second-order valence-corrected chi connectivity index (χ2v) is 3.67. The van der Waals surface area contributed by atoms with Crippen molar-refractivity contribution < 1.29 is 9.53 Å². The number of carbonyl (C=O) groups excluding carboxylic acids is 1. The summed E-state index contributed by atoms with van der Waals surface area (Å²) in [6, 6.07) is 5.58. The lowest BCUT2D eigenvalue weighted by molar-refractivity contribution is -0.142. The fraction of sp³-hybridized carbons (Fsp3) is 0.385. The summed E-state index contributed by atoms with van der Waals surface area (Å²) in [4.78, 5) is 11.4. The summed E-state index contributed by atoms with van der Waals surface area (Å²) in [5, 5.41) is 8.91. The van der Waals surface area contributed by atoms with E-state index in [-0.39, 0.29) is 12.4 Å². The predicted molar refractivity (Wildman–Crippen MR) is 64.1 cm³/mol. The lowest BCUT2D eigenvalue weighted by Gasteiger charge is -2.11. The summed E-state index contributed by atoms with van der Waals surface area (Å²) < 4.78 is 4.90. The van der Waals surface area contributed by atoms with E-state index in [4.69, 9.17) is 15.7 Å². The summed E-state index contributed by atoms with van der Waals surface area (Å²) >= 11 is 0. The Hall–Kier alpha value is -1.86. The largest absolute Gasteiger partial charge is 0.466 e. The highest BCUT2D eigenvalue weighted by atomic mass is 16.5. The first kappa shape index (κ1) is 13.2. The number of carbonyl (C=O) groups is 1. The van der Waals surface area contributed by atoms with Gasteiger partial charge in [0.1, 0.15) is 0 Å². The number of nitrogens with zero attached hydrogens (tertiary/aromatic N) is 1. The first-order chi connectivity index (χ1) is 8.13. The van der Waals surface area contributed by atoms with Crippen LogP contribution in [0, 0.1) is 18.3 Å². The Morgan fingerprint density at radius 1 is 1.53 bits per heavy atom. The van der Waals surface area contributed by atoms with E-state index >= 15 is 0 Å². The van der Waals surface area contributed by atoms with E-state index in [9.17, 15) is 4.79 Å². The van der Waals surface area contributed by atoms with Crippen molar-refractivity contribution in [1.29, 1.82) is 5.26 Å². The van der Waals surface area contributed by atoms with Gasteiger partial charge in [0, 0.05) is 6.54 Å². The SMILES string of the molecule is CCOC(=O)Cc1ccc(C#N)c(C)c1CN. The summed E-state index contributed by atoms with van der Waals surface area (Å²) in [7, 11) is 0. The Morgan fingerprint density at radius 3 is 2.76 bits per heavy atom. The topological polar surface area (TPSA) is 76.1 Å². The van der Waals surface area contributed by atoms with E-state index in [1.807, 2.05) is 6.92 Å². The molecule has 0 aliphatic rings. The van der Waals surface area contributed by atoms with Gasteiger partial charge in [-0.2, -0.15) is 5.26 Å². The third-order valence-electron chi connectivity index (χ3n) is 2.66. The van der Waals surface area contributed by atoms with Crippen molar-refractivity contribution in [3.8, 4) is 6.07 Å². The molecular formula is C13H16N2O2. The molecule has 0 radical (unpaired) electrons. The smallest absolute Gasteiger partial charge is 0.310 e. The highest BCUT2D eigenvalue weighted by molar-refractivity contribution is 5.73. The molecule has 1 aromatic carbocycles. The molecule has 0 unspecified atom stereocenters. The molecule has 1 rings (SSSR count).